The number of aliphatic carboxylic acids is 1. The fourth-order valence-corrected chi connectivity index (χ4v) is 2.43. The minimum Gasteiger partial charge on any atom is -0.481 e. The van der Waals surface area contributed by atoms with Crippen LogP contribution in [-0.2, 0) is 9.53 Å². The molecule has 0 saturated carbocycles. The molecule has 3 heterocycles. The van der Waals surface area contributed by atoms with Crippen molar-refractivity contribution in [2.75, 3.05) is 24.7 Å². The van der Waals surface area contributed by atoms with Gasteiger partial charge in [-0.1, -0.05) is 5.16 Å². The lowest BCUT2D eigenvalue weighted by Gasteiger charge is -2.35. The van der Waals surface area contributed by atoms with E-state index < -0.39 is 5.97 Å². The van der Waals surface area contributed by atoms with Crippen molar-refractivity contribution in [3.05, 3.63) is 12.0 Å². The molecule has 1 fully saturated rings. The number of aryl methyl sites for hydroxylation is 1. The van der Waals surface area contributed by atoms with Gasteiger partial charge in [-0.25, -0.2) is 4.98 Å². The molecule has 0 amide bonds. The van der Waals surface area contributed by atoms with Crippen molar-refractivity contribution in [2.45, 2.75) is 19.4 Å². The number of nitrogens with zero attached hydrogens (tertiary/aromatic N) is 4. The van der Waals surface area contributed by atoms with E-state index in [0.717, 1.165) is 5.39 Å². The number of carboxylic acid groups (broad SMARTS) is 1. The highest BCUT2D eigenvalue weighted by Crippen LogP contribution is 2.28. The van der Waals surface area contributed by atoms with E-state index in [1.54, 1.807) is 0 Å². The first-order valence-corrected chi connectivity index (χ1v) is 6.30. The molecule has 1 saturated heterocycles. The van der Waals surface area contributed by atoms with Gasteiger partial charge in [0.15, 0.2) is 0 Å². The Morgan fingerprint density at radius 1 is 1.55 bits per heavy atom. The third kappa shape index (κ3) is 2.18. The van der Waals surface area contributed by atoms with Crippen LogP contribution in [0.1, 0.15) is 12.1 Å². The molecule has 1 aliphatic rings. The molecule has 0 bridgehead atoms. The average Bonchev–Trinajstić information content (AvgIpc) is 2.81. The fourth-order valence-electron chi connectivity index (χ4n) is 2.43. The van der Waals surface area contributed by atoms with E-state index >= 15 is 0 Å². The fraction of sp³-hybridized carbons (Fsp3) is 0.500. The molecular formula is C12H14N4O4. The molecule has 1 N–H and O–H groups in total. The third-order valence-corrected chi connectivity index (χ3v) is 3.33. The summed E-state index contributed by atoms with van der Waals surface area (Å²) in [4.78, 5) is 21.2. The highest BCUT2D eigenvalue weighted by molar-refractivity contribution is 5.88. The second-order valence-electron chi connectivity index (χ2n) is 4.67. The van der Waals surface area contributed by atoms with Gasteiger partial charge in [0.1, 0.15) is 17.5 Å². The number of hydrogen-bond acceptors (Lipinski definition) is 7. The van der Waals surface area contributed by atoms with Gasteiger partial charge in [0.25, 0.3) is 5.71 Å². The lowest BCUT2D eigenvalue weighted by atomic mass is 10.1. The van der Waals surface area contributed by atoms with Gasteiger partial charge in [0.05, 0.1) is 31.4 Å². The Balaban J connectivity index is 2.03. The Kier molecular flexibility index (Phi) is 3.23. The first kappa shape index (κ1) is 12.8. The number of ether oxygens (including phenoxy) is 1. The molecule has 20 heavy (non-hydrogen) atoms. The minimum atomic E-state index is -0.863. The van der Waals surface area contributed by atoms with E-state index in [1.807, 2.05) is 11.8 Å². The predicted octanol–water partition coefficient (Wildman–Crippen LogP) is 0.606. The van der Waals surface area contributed by atoms with Gasteiger partial charge in [-0.3, -0.25) is 4.79 Å². The van der Waals surface area contributed by atoms with Crippen molar-refractivity contribution in [1.29, 1.82) is 0 Å². The molecule has 1 atom stereocenters. The van der Waals surface area contributed by atoms with E-state index in [0.29, 0.717) is 37.0 Å². The lowest BCUT2D eigenvalue weighted by molar-refractivity contribution is -0.138. The number of morpholine rings is 1. The standard InChI is InChI=1S/C12H14N4O4/c1-7-10-11(13-6-14-12(10)20-15-7)16-2-3-19-5-8(16)4-9(17)18/h6,8H,2-5H2,1H3,(H,17,18). The summed E-state index contributed by atoms with van der Waals surface area (Å²) in [5, 5.41) is 13.6. The quantitative estimate of drug-likeness (QED) is 0.871. The molecule has 1 aliphatic heterocycles. The van der Waals surface area contributed by atoms with Crippen LogP contribution in [0, 0.1) is 6.92 Å². The number of hydrogen-bond donors (Lipinski definition) is 1. The summed E-state index contributed by atoms with van der Waals surface area (Å²) in [6, 6.07) is -0.256. The Morgan fingerprint density at radius 3 is 3.20 bits per heavy atom. The molecule has 106 valence electrons. The van der Waals surface area contributed by atoms with Crippen LogP contribution in [0.5, 0.6) is 0 Å². The summed E-state index contributed by atoms with van der Waals surface area (Å²) in [7, 11) is 0. The number of carbonyl (C=O) groups is 1. The normalized spacial score (nSPS) is 19.4. The Labute approximate surface area is 114 Å². The van der Waals surface area contributed by atoms with E-state index in [2.05, 4.69) is 15.1 Å². The monoisotopic (exact) mass is 278 g/mol. The number of anilines is 1. The minimum absolute atomic E-state index is 0.00414. The van der Waals surface area contributed by atoms with Crippen molar-refractivity contribution in [2.24, 2.45) is 0 Å². The zero-order chi connectivity index (χ0) is 14.1. The highest BCUT2D eigenvalue weighted by atomic mass is 16.5. The summed E-state index contributed by atoms with van der Waals surface area (Å²) < 4.78 is 10.5. The second kappa shape index (κ2) is 5.04. The number of carboxylic acids is 1. The van der Waals surface area contributed by atoms with Gasteiger partial charge >= 0.3 is 5.97 Å². The molecule has 0 radical (unpaired) electrons. The van der Waals surface area contributed by atoms with E-state index in [1.165, 1.54) is 6.33 Å². The van der Waals surface area contributed by atoms with Crippen LogP contribution in [0.2, 0.25) is 0 Å². The average molecular weight is 278 g/mol. The maximum atomic E-state index is 11.0. The maximum Gasteiger partial charge on any atom is 0.305 e. The smallest absolute Gasteiger partial charge is 0.305 e. The SMILES string of the molecule is Cc1noc2ncnc(N3CCOCC3CC(=O)O)c12. The molecule has 0 aromatic carbocycles. The molecule has 3 rings (SSSR count). The summed E-state index contributed by atoms with van der Waals surface area (Å²) in [6.07, 6.45) is 1.39. The van der Waals surface area contributed by atoms with Crippen LogP contribution < -0.4 is 4.90 Å². The van der Waals surface area contributed by atoms with Crippen molar-refractivity contribution in [3.63, 3.8) is 0 Å². The molecule has 2 aromatic rings. The van der Waals surface area contributed by atoms with Crippen molar-refractivity contribution in [3.8, 4) is 0 Å². The van der Waals surface area contributed by atoms with Crippen molar-refractivity contribution >= 4 is 22.9 Å². The molecule has 2 aromatic heterocycles. The first-order valence-electron chi connectivity index (χ1n) is 6.30. The molecule has 8 heteroatoms. The van der Waals surface area contributed by atoms with Crippen LogP contribution >= 0.6 is 0 Å². The summed E-state index contributed by atoms with van der Waals surface area (Å²) in [6.45, 7) is 3.29. The zero-order valence-electron chi connectivity index (χ0n) is 10.9. The highest BCUT2D eigenvalue weighted by Gasteiger charge is 2.29. The van der Waals surface area contributed by atoms with E-state index in [4.69, 9.17) is 14.4 Å². The molecule has 0 spiro atoms. The Hall–Kier alpha value is -2.22. The maximum absolute atomic E-state index is 11.0. The molecule has 1 unspecified atom stereocenters. The third-order valence-electron chi connectivity index (χ3n) is 3.33. The Morgan fingerprint density at radius 2 is 2.40 bits per heavy atom. The van der Waals surface area contributed by atoms with Crippen LogP contribution in [-0.4, -0.2) is 52.0 Å². The second-order valence-corrected chi connectivity index (χ2v) is 4.67. The van der Waals surface area contributed by atoms with Gasteiger partial charge in [0, 0.05) is 6.54 Å². The number of fused-ring (bicyclic) bond motifs is 1. The van der Waals surface area contributed by atoms with Gasteiger partial charge < -0.3 is 19.3 Å². The largest absolute Gasteiger partial charge is 0.481 e. The first-order chi connectivity index (χ1) is 9.66. The van der Waals surface area contributed by atoms with Crippen molar-refractivity contribution in [1.82, 2.24) is 15.1 Å². The molecule has 0 aliphatic carbocycles. The van der Waals surface area contributed by atoms with Crippen molar-refractivity contribution < 1.29 is 19.2 Å². The van der Waals surface area contributed by atoms with Gasteiger partial charge in [-0.2, -0.15) is 4.98 Å². The number of aromatic nitrogens is 3. The van der Waals surface area contributed by atoms with Crippen LogP contribution in [0.25, 0.3) is 11.1 Å². The summed E-state index contributed by atoms with van der Waals surface area (Å²) in [5.41, 5.74) is 1.10. The van der Waals surface area contributed by atoms with Gasteiger partial charge in [-0.05, 0) is 6.92 Å². The number of rotatable bonds is 3. The molecule has 8 nitrogen and oxygen atoms in total. The van der Waals surface area contributed by atoms with Gasteiger partial charge in [-0.15, -0.1) is 0 Å². The van der Waals surface area contributed by atoms with Crippen LogP contribution in [0.4, 0.5) is 5.82 Å². The van der Waals surface area contributed by atoms with E-state index in [-0.39, 0.29) is 12.5 Å². The van der Waals surface area contributed by atoms with E-state index in [9.17, 15) is 4.79 Å². The molecular weight excluding hydrogens is 264 g/mol. The predicted molar refractivity (Wildman–Crippen MR) is 68.5 cm³/mol. The lowest BCUT2D eigenvalue weighted by Crippen LogP contribution is -2.47. The summed E-state index contributed by atoms with van der Waals surface area (Å²) in [5.74, 6) is -0.207. The topological polar surface area (TPSA) is 102 Å². The summed E-state index contributed by atoms with van der Waals surface area (Å²) >= 11 is 0. The zero-order valence-corrected chi connectivity index (χ0v) is 10.9. The van der Waals surface area contributed by atoms with Crippen LogP contribution in [0.3, 0.4) is 0 Å². The van der Waals surface area contributed by atoms with Gasteiger partial charge in [0.2, 0.25) is 0 Å². The Bertz CT molecular complexity index is 641. The van der Waals surface area contributed by atoms with Crippen LogP contribution in [0.15, 0.2) is 10.9 Å².